The Morgan fingerprint density at radius 2 is 1.69 bits per heavy atom. The number of benzene rings is 1. The SMILES string of the molecule is CCCC(CCC)C(O)c1ccccc1Cl. The molecule has 0 fully saturated rings. The van der Waals surface area contributed by atoms with Gasteiger partial charge in [-0.1, -0.05) is 56.5 Å². The van der Waals surface area contributed by atoms with Gasteiger partial charge in [-0.15, -0.1) is 0 Å². The van der Waals surface area contributed by atoms with E-state index in [4.69, 9.17) is 11.6 Å². The second-order valence-electron chi connectivity index (χ2n) is 4.30. The summed E-state index contributed by atoms with van der Waals surface area (Å²) in [6.07, 6.45) is 3.90. The third-order valence-corrected chi connectivity index (χ3v) is 3.33. The first-order chi connectivity index (χ1) is 7.70. The summed E-state index contributed by atoms with van der Waals surface area (Å²) in [6.45, 7) is 4.31. The maximum absolute atomic E-state index is 10.3. The second-order valence-corrected chi connectivity index (χ2v) is 4.71. The summed E-state index contributed by atoms with van der Waals surface area (Å²) in [4.78, 5) is 0. The molecular weight excluding hydrogens is 220 g/mol. The van der Waals surface area contributed by atoms with Crippen LogP contribution < -0.4 is 0 Å². The number of hydrogen-bond donors (Lipinski definition) is 1. The van der Waals surface area contributed by atoms with Crippen molar-refractivity contribution in [1.29, 1.82) is 0 Å². The molecule has 1 aromatic rings. The Bertz CT molecular complexity index is 305. The van der Waals surface area contributed by atoms with Crippen molar-refractivity contribution in [2.75, 3.05) is 0 Å². The molecule has 90 valence electrons. The van der Waals surface area contributed by atoms with Gasteiger partial charge >= 0.3 is 0 Å². The maximum Gasteiger partial charge on any atom is 0.0832 e. The molecule has 1 atom stereocenters. The molecule has 0 heterocycles. The normalized spacial score (nSPS) is 13.1. The Hall–Kier alpha value is -0.530. The van der Waals surface area contributed by atoms with Gasteiger partial charge in [0.2, 0.25) is 0 Å². The van der Waals surface area contributed by atoms with Crippen molar-refractivity contribution < 1.29 is 5.11 Å². The van der Waals surface area contributed by atoms with Crippen LogP contribution in [0.15, 0.2) is 24.3 Å². The predicted molar refractivity (Wildman–Crippen MR) is 69.7 cm³/mol. The van der Waals surface area contributed by atoms with E-state index in [1.54, 1.807) is 0 Å². The van der Waals surface area contributed by atoms with E-state index in [0.29, 0.717) is 10.9 Å². The molecule has 0 saturated carbocycles. The summed E-state index contributed by atoms with van der Waals surface area (Å²) in [5, 5.41) is 11.0. The molecule has 0 spiro atoms. The lowest BCUT2D eigenvalue weighted by Gasteiger charge is -2.23. The topological polar surface area (TPSA) is 20.2 Å². The van der Waals surface area contributed by atoms with Gasteiger partial charge in [-0.2, -0.15) is 0 Å². The molecule has 1 rings (SSSR count). The molecular formula is C14H21ClO. The minimum atomic E-state index is -0.423. The Morgan fingerprint density at radius 3 is 2.19 bits per heavy atom. The van der Waals surface area contributed by atoms with Crippen LogP contribution in [0.25, 0.3) is 0 Å². The highest BCUT2D eigenvalue weighted by Crippen LogP contribution is 2.33. The maximum atomic E-state index is 10.3. The van der Waals surface area contributed by atoms with Gasteiger partial charge in [0, 0.05) is 5.02 Å². The summed E-state index contributed by atoms with van der Waals surface area (Å²) in [6, 6.07) is 7.59. The second kappa shape index (κ2) is 6.93. The zero-order valence-corrected chi connectivity index (χ0v) is 10.9. The molecule has 0 aliphatic heterocycles. The van der Waals surface area contributed by atoms with Gasteiger partial charge in [-0.3, -0.25) is 0 Å². The Balaban J connectivity index is 2.81. The molecule has 1 nitrogen and oxygen atoms in total. The highest BCUT2D eigenvalue weighted by Gasteiger charge is 2.20. The van der Waals surface area contributed by atoms with Crippen LogP contribution in [0.3, 0.4) is 0 Å². The van der Waals surface area contributed by atoms with E-state index in [1.807, 2.05) is 24.3 Å². The highest BCUT2D eigenvalue weighted by atomic mass is 35.5. The molecule has 1 N–H and O–H groups in total. The van der Waals surface area contributed by atoms with Crippen LogP contribution in [0.1, 0.15) is 51.2 Å². The van der Waals surface area contributed by atoms with Gasteiger partial charge in [-0.25, -0.2) is 0 Å². The van der Waals surface area contributed by atoms with Gasteiger partial charge in [0.25, 0.3) is 0 Å². The van der Waals surface area contributed by atoms with E-state index in [-0.39, 0.29) is 0 Å². The summed E-state index contributed by atoms with van der Waals surface area (Å²) >= 11 is 6.10. The van der Waals surface area contributed by atoms with Crippen LogP contribution in [-0.2, 0) is 0 Å². The average Bonchev–Trinajstić information content (AvgIpc) is 2.28. The van der Waals surface area contributed by atoms with Gasteiger partial charge < -0.3 is 5.11 Å². The van der Waals surface area contributed by atoms with Crippen molar-refractivity contribution in [1.82, 2.24) is 0 Å². The monoisotopic (exact) mass is 240 g/mol. The van der Waals surface area contributed by atoms with E-state index < -0.39 is 6.10 Å². The molecule has 0 radical (unpaired) electrons. The van der Waals surface area contributed by atoms with Crippen molar-refractivity contribution in [2.45, 2.75) is 45.6 Å². The van der Waals surface area contributed by atoms with E-state index in [9.17, 15) is 5.11 Å². The van der Waals surface area contributed by atoms with E-state index in [0.717, 1.165) is 31.2 Å². The fourth-order valence-electron chi connectivity index (χ4n) is 2.17. The first kappa shape index (κ1) is 13.5. The van der Waals surface area contributed by atoms with Crippen molar-refractivity contribution >= 4 is 11.6 Å². The van der Waals surface area contributed by atoms with Crippen LogP contribution >= 0.6 is 11.6 Å². The number of rotatable bonds is 6. The van der Waals surface area contributed by atoms with Gasteiger partial charge in [-0.05, 0) is 30.4 Å². The minimum Gasteiger partial charge on any atom is -0.388 e. The average molecular weight is 241 g/mol. The number of aliphatic hydroxyl groups is 1. The fourth-order valence-corrected chi connectivity index (χ4v) is 2.42. The lowest BCUT2D eigenvalue weighted by Crippen LogP contribution is -2.13. The molecule has 0 aliphatic carbocycles. The number of aliphatic hydroxyl groups excluding tert-OH is 1. The fraction of sp³-hybridized carbons (Fsp3) is 0.571. The third kappa shape index (κ3) is 3.50. The quantitative estimate of drug-likeness (QED) is 0.771. The van der Waals surface area contributed by atoms with Gasteiger partial charge in [0.1, 0.15) is 0 Å². The Kier molecular flexibility index (Phi) is 5.86. The molecule has 1 aromatic carbocycles. The Labute approximate surface area is 103 Å². The zero-order valence-electron chi connectivity index (χ0n) is 10.1. The molecule has 0 aliphatic rings. The van der Waals surface area contributed by atoms with Gasteiger partial charge in [0.05, 0.1) is 6.10 Å². The molecule has 0 bridgehead atoms. The van der Waals surface area contributed by atoms with Crippen molar-refractivity contribution in [3.05, 3.63) is 34.9 Å². The lowest BCUT2D eigenvalue weighted by atomic mass is 9.88. The van der Waals surface area contributed by atoms with Crippen LogP contribution in [-0.4, -0.2) is 5.11 Å². The van der Waals surface area contributed by atoms with Crippen LogP contribution in [0.5, 0.6) is 0 Å². The summed E-state index contributed by atoms with van der Waals surface area (Å²) in [5.74, 6) is 0.329. The van der Waals surface area contributed by atoms with E-state index in [1.165, 1.54) is 0 Å². The molecule has 16 heavy (non-hydrogen) atoms. The first-order valence-electron chi connectivity index (χ1n) is 6.13. The van der Waals surface area contributed by atoms with Crippen LogP contribution in [0.2, 0.25) is 5.02 Å². The summed E-state index contributed by atoms with van der Waals surface area (Å²) in [5.41, 5.74) is 0.871. The molecule has 0 saturated heterocycles. The van der Waals surface area contributed by atoms with Crippen molar-refractivity contribution in [3.63, 3.8) is 0 Å². The minimum absolute atomic E-state index is 0.329. The number of halogens is 1. The number of hydrogen-bond acceptors (Lipinski definition) is 1. The summed E-state index contributed by atoms with van der Waals surface area (Å²) in [7, 11) is 0. The van der Waals surface area contributed by atoms with Crippen LogP contribution in [0.4, 0.5) is 0 Å². The van der Waals surface area contributed by atoms with Crippen molar-refractivity contribution in [3.8, 4) is 0 Å². The lowest BCUT2D eigenvalue weighted by molar-refractivity contribution is 0.0965. The Morgan fingerprint density at radius 1 is 1.12 bits per heavy atom. The van der Waals surface area contributed by atoms with Crippen LogP contribution in [0, 0.1) is 5.92 Å². The van der Waals surface area contributed by atoms with E-state index in [2.05, 4.69) is 13.8 Å². The van der Waals surface area contributed by atoms with Gasteiger partial charge in [0.15, 0.2) is 0 Å². The summed E-state index contributed by atoms with van der Waals surface area (Å²) < 4.78 is 0. The van der Waals surface area contributed by atoms with E-state index >= 15 is 0 Å². The third-order valence-electron chi connectivity index (χ3n) is 2.99. The van der Waals surface area contributed by atoms with Crippen molar-refractivity contribution in [2.24, 2.45) is 5.92 Å². The molecule has 1 unspecified atom stereocenters. The largest absolute Gasteiger partial charge is 0.388 e. The molecule has 2 heteroatoms. The predicted octanol–water partition coefficient (Wildman–Crippen LogP) is 4.59. The smallest absolute Gasteiger partial charge is 0.0832 e. The zero-order chi connectivity index (χ0) is 12.0. The first-order valence-corrected chi connectivity index (χ1v) is 6.51. The molecule has 0 amide bonds. The standard InChI is InChI=1S/C14H21ClO/c1-3-7-11(8-4-2)14(16)12-9-5-6-10-13(12)15/h5-6,9-11,14,16H,3-4,7-8H2,1-2H3. The highest BCUT2D eigenvalue weighted by molar-refractivity contribution is 6.31. The molecule has 0 aromatic heterocycles.